The van der Waals surface area contributed by atoms with Gasteiger partial charge in [-0.15, -0.1) is 0 Å². The lowest BCUT2D eigenvalue weighted by atomic mass is 10.1. The quantitative estimate of drug-likeness (QED) is 0.711. The number of anilines is 1. The van der Waals surface area contributed by atoms with Crippen LogP contribution >= 0.6 is 0 Å². The van der Waals surface area contributed by atoms with Gasteiger partial charge in [-0.2, -0.15) is 0 Å². The van der Waals surface area contributed by atoms with Gasteiger partial charge in [-0.25, -0.2) is 0 Å². The van der Waals surface area contributed by atoms with Gasteiger partial charge in [0, 0.05) is 6.54 Å². The maximum absolute atomic E-state index is 12.0. The van der Waals surface area contributed by atoms with Crippen molar-refractivity contribution >= 4 is 17.5 Å². The molecule has 1 rings (SSSR count). The second-order valence-electron chi connectivity index (χ2n) is 4.69. The number of carbonyl (C=O) groups is 2. The fourth-order valence-electron chi connectivity index (χ4n) is 1.79. The fraction of sp³-hybridized carbons (Fsp3) is 0.467. The molecule has 110 valence electrons. The van der Waals surface area contributed by atoms with Gasteiger partial charge in [0.2, 0.25) is 5.91 Å². The number of nitrogens with two attached hydrogens (primary N) is 1. The van der Waals surface area contributed by atoms with Gasteiger partial charge in [-0.3, -0.25) is 9.59 Å². The smallest absolute Gasteiger partial charge is 0.253 e. The van der Waals surface area contributed by atoms with Crippen molar-refractivity contribution < 1.29 is 9.59 Å². The van der Waals surface area contributed by atoms with E-state index in [0.29, 0.717) is 24.2 Å². The zero-order valence-corrected chi connectivity index (χ0v) is 12.1. The summed E-state index contributed by atoms with van der Waals surface area (Å²) in [6, 6.07) is 6.38. The third kappa shape index (κ3) is 4.66. The lowest BCUT2D eigenvalue weighted by Gasteiger charge is -2.14. The summed E-state index contributed by atoms with van der Waals surface area (Å²) in [5, 5.41) is 5.52. The number of benzene rings is 1. The first kappa shape index (κ1) is 16.2. The second kappa shape index (κ2) is 8.32. The number of carbonyl (C=O) groups excluding carboxylic acids is 2. The number of amides is 2. The van der Waals surface area contributed by atoms with Gasteiger partial charge in [-0.1, -0.05) is 32.4 Å². The SMILES string of the molecule is CCCNC(=O)c1ccccc1NC(=O)C(N)CCC. The molecule has 0 heterocycles. The van der Waals surface area contributed by atoms with E-state index in [1.807, 2.05) is 13.8 Å². The van der Waals surface area contributed by atoms with Crippen LogP contribution in [-0.4, -0.2) is 24.4 Å². The summed E-state index contributed by atoms with van der Waals surface area (Å²) in [7, 11) is 0. The van der Waals surface area contributed by atoms with E-state index in [-0.39, 0.29) is 11.8 Å². The number of nitrogens with one attached hydrogen (secondary N) is 2. The Kier molecular flexibility index (Phi) is 6.73. The lowest BCUT2D eigenvalue weighted by molar-refractivity contribution is -0.117. The van der Waals surface area contributed by atoms with Crippen molar-refractivity contribution in [3.63, 3.8) is 0 Å². The molecule has 0 aromatic heterocycles. The summed E-state index contributed by atoms with van der Waals surface area (Å²) in [4.78, 5) is 23.9. The summed E-state index contributed by atoms with van der Waals surface area (Å²) in [5.74, 6) is -0.450. The Hall–Kier alpha value is -1.88. The van der Waals surface area contributed by atoms with Gasteiger partial charge in [-0.05, 0) is 25.0 Å². The van der Waals surface area contributed by atoms with Crippen molar-refractivity contribution in [3.05, 3.63) is 29.8 Å². The standard InChI is InChI=1S/C15H23N3O2/c1-3-7-12(16)15(20)18-13-9-6-5-8-11(13)14(19)17-10-4-2/h5-6,8-9,12H,3-4,7,10,16H2,1-2H3,(H,17,19)(H,18,20). The molecule has 0 aliphatic rings. The predicted octanol–water partition coefficient (Wildman–Crippen LogP) is 1.89. The van der Waals surface area contributed by atoms with Gasteiger partial charge < -0.3 is 16.4 Å². The van der Waals surface area contributed by atoms with Crippen LogP contribution in [0.15, 0.2) is 24.3 Å². The fourth-order valence-corrected chi connectivity index (χ4v) is 1.79. The Labute approximate surface area is 119 Å². The number of para-hydroxylation sites is 1. The van der Waals surface area contributed by atoms with E-state index < -0.39 is 6.04 Å². The topological polar surface area (TPSA) is 84.2 Å². The van der Waals surface area contributed by atoms with Crippen LogP contribution in [0.5, 0.6) is 0 Å². The molecule has 4 N–H and O–H groups in total. The highest BCUT2D eigenvalue weighted by molar-refractivity contribution is 6.04. The average Bonchev–Trinajstić information content (AvgIpc) is 2.45. The van der Waals surface area contributed by atoms with Gasteiger partial charge in [0.15, 0.2) is 0 Å². The van der Waals surface area contributed by atoms with Crippen LogP contribution in [0.25, 0.3) is 0 Å². The van der Waals surface area contributed by atoms with Crippen molar-refractivity contribution in [2.24, 2.45) is 5.73 Å². The largest absolute Gasteiger partial charge is 0.352 e. The minimum absolute atomic E-state index is 0.188. The summed E-state index contributed by atoms with van der Waals surface area (Å²) in [6.45, 7) is 4.56. The number of rotatable bonds is 7. The lowest BCUT2D eigenvalue weighted by Crippen LogP contribution is -2.36. The molecule has 2 amide bonds. The summed E-state index contributed by atoms with van der Waals surface area (Å²) in [5.41, 5.74) is 6.72. The molecule has 1 aromatic carbocycles. The third-order valence-corrected chi connectivity index (χ3v) is 2.90. The van der Waals surface area contributed by atoms with Gasteiger partial charge in [0.05, 0.1) is 17.3 Å². The molecule has 0 aliphatic carbocycles. The summed E-state index contributed by atoms with van der Waals surface area (Å²) >= 11 is 0. The highest BCUT2D eigenvalue weighted by Crippen LogP contribution is 2.15. The molecule has 5 heteroatoms. The third-order valence-electron chi connectivity index (χ3n) is 2.90. The minimum atomic E-state index is -0.549. The highest BCUT2D eigenvalue weighted by atomic mass is 16.2. The first-order valence-electron chi connectivity index (χ1n) is 7.03. The second-order valence-corrected chi connectivity index (χ2v) is 4.69. The zero-order chi connectivity index (χ0) is 15.0. The molecule has 1 unspecified atom stereocenters. The summed E-state index contributed by atoms with van der Waals surface area (Å²) < 4.78 is 0. The molecule has 1 atom stereocenters. The van der Waals surface area contributed by atoms with Crippen molar-refractivity contribution in [1.29, 1.82) is 0 Å². The summed E-state index contributed by atoms with van der Waals surface area (Å²) in [6.07, 6.45) is 2.32. The van der Waals surface area contributed by atoms with Crippen LogP contribution in [0, 0.1) is 0 Å². The Morgan fingerprint density at radius 1 is 1.20 bits per heavy atom. The van der Waals surface area contributed by atoms with Gasteiger partial charge in [0.25, 0.3) is 5.91 Å². The van der Waals surface area contributed by atoms with E-state index in [1.165, 1.54) is 0 Å². The average molecular weight is 277 g/mol. The Morgan fingerprint density at radius 2 is 1.90 bits per heavy atom. The van der Waals surface area contributed by atoms with E-state index in [0.717, 1.165) is 12.8 Å². The Balaban J connectivity index is 2.80. The molecular weight excluding hydrogens is 254 g/mol. The Bertz CT molecular complexity index is 460. The zero-order valence-electron chi connectivity index (χ0n) is 12.1. The van der Waals surface area contributed by atoms with Crippen LogP contribution in [0.3, 0.4) is 0 Å². The molecule has 0 spiro atoms. The van der Waals surface area contributed by atoms with Crippen molar-refractivity contribution in [2.45, 2.75) is 39.2 Å². The molecule has 0 saturated carbocycles. The molecule has 0 saturated heterocycles. The van der Waals surface area contributed by atoms with Gasteiger partial charge >= 0.3 is 0 Å². The molecule has 1 aromatic rings. The van der Waals surface area contributed by atoms with Crippen LogP contribution in [0.2, 0.25) is 0 Å². The molecule has 0 aliphatic heterocycles. The predicted molar refractivity (Wildman–Crippen MR) is 80.6 cm³/mol. The minimum Gasteiger partial charge on any atom is -0.352 e. The van der Waals surface area contributed by atoms with E-state index in [4.69, 9.17) is 5.73 Å². The first-order valence-corrected chi connectivity index (χ1v) is 7.03. The highest BCUT2D eigenvalue weighted by Gasteiger charge is 2.16. The van der Waals surface area contributed by atoms with Crippen LogP contribution in [0.1, 0.15) is 43.5 Å². The maximum Gasteiger partial charge on any atom is 0.253 e. The molecule has 5 nitrogen and oxygen atoms in total. The number of hydrogen-bond acceptors (Lipinski definition) is 3. The van der Waals surface area contributed by atoms with Crippen LogP contribution in [-0.2, 0) is 4.79 Å². The molecular formula is C15H23N3O2. The normalized spacial score (nSPS) is 11.8. The first-order chi connectivity index (χ1) is 9.60. The van der Waals surface area contributed by atoms with E-state index in [2.05, 4.69) is 10.6 Å². The Morgan fingerprint density at radius 3 is 2.55 bits per heavy atom. The molecule has 0 fully saturated rings. The maximum atomic E-state index is 12.0. The monoisotopic (exact) mass is 277 g/mol. The van der Waals surface area contributed by atoms with E-state index >= 15 is 0 Å². The van der Waals surface area contributed by atoms with Gasteiger partial charge in [0.1, 0.15) is 0 Å². The molecule has 0 radical (unpaired) electrons. The van der Waals surface area contributed by atoms with Crippen molar-refractivity contribution in [3.8, 4) is 0 Å². The van der Waals surface area contributed by atoms with Crippen molar-refractivity contribution in [1.82, 2.24) is 5.32 Å². The van der Waals surface area contributed by atoms with E-state index in [1.54, 1.807) is 24.3 Å². The van der Waals surface area contributed by atoms with Crippen LogP contribution in [0.4, 0.5) is 5.69 Å². The van der Waals surface area contributed by atoms with E-state index in [9.17, 15) is 9.59 Å². The molecule has 0 bridgehead atoms. The van der Waals surface area contributed by atoms with Crippen LogP contribution < -0.4 is 16.4 Å². The van der Waals surface area contributed by atoms with Crippen molar-refractivity contribution in [2.75, 3.05) is 11.9 Å². The molecule has 20 heavy (non-hydrogen) atoms. The number of hydrogen-bond donors (Lipinski definition) is 3.